The van der Waals surface area contributed by atoms with Crippen molar-refractivity contribution < 1.29 is 14.3 Å². The summed E-state index contributed by atoms with van der Waals surface area (Å²) >= 11 is 1.77. The van der Waals surface area contributed by atoms with Gasteiger partial charge in [0.1, 0.15) is 17.8 Å². The molecule has 5 nitrogen and oxygen atoms in total. The summed E-state index contributed by atoms with van der Waals surface area (Å²) < 4.78 is 12.0. The average molecular weight is 505 g/mol. The van der Waals surface area contributed by atoms with Gasteiger partial charge in [0.05, 0.1) is 12.2 Å². The summed E-state index contributed by atoms with van der Waals surface area (Å²) in [6, 6.07) is 16.0. The van der Waals surface area contributed by atoms with Gasteiger partial charge in [-0.15, -0.1) is 11.3 Å². The van der Waals surface area contributed by atoms with Crippen molar-refractivity contribution in [2.45, 2.75) is 66.2 Å². The van der Waals surface area contributed by atoms with E-state index in [0.29, 0.717) is 36.0 Å². The van der Waals surface area contributed by atoms with Crippen LogP contribution in [0.5, 0.6) is 11.5 Å². The molecule has 0 bridgehead atoms. The Kier molecular flexibility index (Phi) is 6.98. The molecule has 190 valence electrons. The monoisotopic (exact) mass is 504 g/mol. The van der Waals surface area contributed by atoms with Gasteiger partial charge in [-0.05, 0) is 66.3 Å². The highest BCUT2D eigenvalue weighted by molar-refractivity contribution is 7.16. The molecule has 2 aromatic carbocycles. The van der Waals surface area contributed by atoms with E-state index < -0.39 is 0 Å². The third kappa shape index (κ3) is 4.83. The average Bonchev–Trinajstić information content (AvgIpc) is 3.27. The van der Waals surface area contributed by atoms with Gasteiger partial charge in [-0.1, -0.05) is 63.6 Å². The maximum Gasteiger partial charge on any atom is 0.256 e. The molecule has 1 aliphatic heterocycles. The van der Waals surface area contributed by atoms with Crippen molar-refractivity contribution in [1.82, 2.24) is 5.32 Å². The predicted octanol–water partition coefficient (Wildman–Crippen LogP) is 7.12. The minimum atomic E-state index is -0.310. The zero-order valence-corrected chi connectivity index (χ0v) is 22.5. The van der Waals surface area contributed by atoms with E-state index in [0.717, 1.165) is 41.0 Å². The van der Waals surface area contributed by atoms with Crippen LogP contribution in [-0.2, 0) is 19.4 Å². The minimum Gasteiger partial charge on any atom is -0.490 e. The highest BCUT2D eigenvalue weighted by Crippen LogP contribution is 2.47. The van der Waals surface area contributed by atoms with Crippen LogP contribution >= 0.6 is 11.3 Å². The van der Waals surface area contributed by atoms with Crippen LogP contribution in [0.15, 0.2) is 48.5 Å². The number of nitrogens with one attached hydrogen (secondary N) is 2. The number of benzene rings is 2. The summed E-state index contributed by atoms with van der Waals surface area (Å²) in [7, 11) is 0. The van der Waals surface area contributed by atoms with Crippen LogP contribution in [0.1, 0.15) is 78.6 Å². The molecule has 2 heterocycles. The first-order valence-electron chi connectivity index (χ1n) is 13.0. The third-order valence-corrected chi connectivity index (χ3v) is 9.08. The van der Waals surface area contributed by atoms with Gasteiger partial charge in [0.2, 0.25) is 0 Å². The van der Waals surface area contributed by atoms with Gasteiger partial charge in [-0.2, -0.15) is 0 Å². The summed E-state index contributed by atoms with van der Waals surface area (Å²) in [4.78, 5) is 14.6. The molecule has 5 rings (SSSR count). The van der Waals surface area contributed by atoms with E-state index in [9.17, 15) is 4.79 Å². The number of ether oxygens (including phenoxy) is 2. The molecule has 0 spiro atoms. The van der Waals surface area contributed by atoms with E-state index >= 15 is 0 Å². The first-order valence-corrected chi connectivity index (χ1v) is 13.9. The first kappa shape index (κ1) is 24.7. The van der Waals surface area contributed by atoms with Crippen LogP contribution in [-0.4, -0.2) is 12.5 Å². The molecule has 1 aliphatic carbocycles. The van der Waals surface area contributed by atoms with Gasteiger partial charge in [-0.25, -0.2) is 0 Å². The van der Waals surface area contributed by atoms with E-state index in [1.165, 1.54) is 16.9 Å². The fourth-order valence-electron chi connectivity index (χ4n) is 5.25. The molecule has 0 unspecified atom stereocenters. The van der Waals surface area contributed by atoms with Crippen molar-refractivity contribution in [2.75, 3.05) is 11.9 Å². The Balaban J connectivity index is 1.36. The number of fused-ring (bicyclic) bond motifs is 3. The van der Waals surface area contributed by atoms with Gasteiger partial charge in [0.15, 0.2) is 11.5 Å². The zero-order chi connectivity index (χ0) is 25.3. The Hall–Kier alpha value is -2.99. The van der Waals surface area contributed by atoms with Crippen molar-refractivity contribution in [1.29, 1.82) is 0 Å². The molecule has 1 amide bonds. The van der Waals surface area contributed by atoms with Crippen LogP contribution in [0.3, 0.4) is 0 Å². The second-order valence-corrected chi connectivity index (χ2v) is 11.6. The normalized spacial score (nSPS) is 19.1. The highest BCUT2D eigenvalue weighted by Gasteiger charge is 2.37. The lowest BCUT2D eigenvalue weighted by atomic mass is 9.69. The number of thiophene rings is 1. The molecule has 2 aliphatic rings. The smallest absolute Gasteiger partial charge is 0.256 e. The van der Waals surface area contributed by atoms with Crippen LogP contribution in [0.2, 0.25) is 0 Å². The Morgan fingerprint density at radius 2 is 1.83 bits per heavy atom. The van der Waals surface area contributed by atoms with Gasteiger partial charge in [0.25, 0.3) is 5.91 Å². The number of carbonyl (C=O) groups excluding carboxylic acids is 1. The number of amides is 1. The maximum absolute atomic E-state index is 13.3. The summed E-state index contributed by atoms with van der Waals surface area (Å²) in [5.74, 6) is 2.05. The molecule has 6 heteroatoms. The lowest BCUT2D eigenvalue weighted by Crippen LogP contribution is -2.38. The SMILES string of the molecule is CCOc1cc([C@@H]2NC(=O)c3c(sc4c3CC[C@H](C(C)(C)CC)C4)N2)ccc1OCc1ccccc1. The molecule has 0 saturated heterocycles. The Morgan fingerprint density at radius 1 is 1.03 bits per heavy atom. The van der Waals surface area contributed by atoms with Crippen molar-refractivity contribution in [2.24, 2.45) is 11.3 Å². The summed E-state index contributed by atoms with van der Waals surface area (Å²) in [5, 5.41) is 7.78. The summed E-state index contributed by atoms with van der Waals surface area (Å²) in [5.41, 5.74) is 4.47. The van der Waals surface area contributed by atoms with Crippen molar-refractivity contribution in [3.8, 4) is 11.5 Å². The summed E-state index contributed by atoms with van der Waals surface area (Å²) in [6.07, 6.45) is 4.06. The lowest BCUT2D eigenvalue weighted by Gasteiger charge is -2.36. The molecule has 3 aromatic rings. The molecule has 2 N–H and O–H groups in total. The molecule has 1 aromatic heterocycles. The van der Waals surface area contributed by atoms with Gasteiger partial charge in [-0.3, -0.25) is 4.79 Å². The maximum atomic E-state index is 13.3. The Bertz CT molecular complexity index is 1230. The number of rotatable bonds is 8. The second-order valence-electron chi connectivity index (χ2n) is 10.5. The molecular weight excluding hydrogens is 468 g/mol. The van der Waals surface area contributed by atoms with Crippen LogP contribution in [0.25, 0.3) is 0 Å². The fourth-order valence-corrected chi connectivity index (χ4v) is 6.60. The van der Waals surface area contributed by atoms with Crippen LogP contribution < -0.4 is 20.1 Å². The van der Waals surface area contributed by atoms with E-state index in [-0.39, 0.29) is 12.1 Å². The van der Waals surface area contributed by atoms with Crippen molar-refractivity contribution in [3.63, 3.8) is 0 Å². The largest absolute Gasteiger partial charge is 0.490 e. The van der Waals surface area contributed by atoms with E-state index in [1.54, 1.807) is 11.3 Å². The number of hydrogen-bond acceptors (Lipinski definition) is 5. The Labute approximate surface area is 218 Å². The zero-order valence-electron chi connectivity index (χ0n) is 21.6. The van der Waals surface area contributed by atoms with E-state index in [2.05, 4.69) is 31.4 Å². The number of carbonyl (C=O) groups is 1. The molecule has 0 radical (unpaired) electrons. The standard InChI is InChI=1S/C30H36N2O3S/c1-5-30(3,4)21-13-14-22-25(17-21)36-29-26(22)28(33)31-27(32-29)20-12-15-23(24(16-20)34-6-2)35-18-19-10-8-7-9-11-19/h7-12,15-16,21,27,32H,5-6,13-14,17-18H2,1-4H3,(H,31,33)/t21-,27+/m0/s1. The minimum absolute atomic E-state index is 0.0156. The predicted molar refractivity (Wildman–Crippen MR) is 146 cm³/mol. The lowest BCUT2D eigenvalue weighted by molar-refractivity contribution is 0.0934. The van der Waals surface area contributed by atoms with E-state index in [4.69, 9.17) is 9.47 Å². The topological polar surface area (TPSA) is 59.6 Å². The Morgan fingerprint density at radius 3 is 2.58 bits per heavy atom. The van der Waals surface area contributed by atoms with Gasteiger partial charge in [0, 0.05) is 4.88 Å². The number of anilines is 1. The molecule has 2 atom stereocenters. The van der Waals surface area contributed by atoms with Gasteiger partial charge >= 0.3 is 0 Å². The van der Waals surface area contributed by atoms with Crippen molar-refractivity contribution >= 4 is 22.2 Å². The number of hydrogen-bond donors (Lipinski definition) is 2. The van der Waals surface area contributed by atoms with Crippen molar-refractivity contribution in [3.05, 3.63) is 75.7 Å². The molecule has 0 fully saturated rings. The summed E-state index contributed by atoms with van der Waals surface area (Å²) in [6.45, 7) is 10.00. The van der Waals surface area contributed by atoms with E-state index in [1.807, 2.05) is 55.5 Å². The van der Waals surface area contributed by atoms with Crippen LogP contribution in [0.4, 0.5) is 5.00 Å². The third-order valence-electron chi connectivity index (χ3n) is 7.90. The first-order chi connectivity index (χ1) is 17.4. The van der Waals surface area contributed by atoms with Crippen LogP contribution in [0, 0.1) is 11.3 Å². The molecular formula is C30H36N2O3S. The molecule has 36 heavy (non-hydrogen) atoms. The fraction of sp³-hybridized carbons (Fsp3) is 0.433. The van der Waals surface area contributed by atoms with Gasteiger partial charge < -0.3 is 20.1 Å². The molecule has 0 saturated carbocycles. The highest BCUT2D eigenvalue weighted by atomic mass is 32.1. The second kappa shape index (κ2) is 10.2. The quantitative estimate of drug-likeness (QED) is 0.343.